The second-order valence-corrected chi connectivity index (χ2v) is 8.31. The third kappa shape index (κ3) is 3.02. The summed E-state index contributed by atoms with van der Waals surface area (Å²) in [7, 11) is 1.87. The zero-order chi connectivity index (χ0) is 18.1. The third-order valence-electron chi connectivity index (χ3n) is 6.74. The van der Waals surface area contributed by atoms with Crippen LogP contribution in [-0.2, 0) is 11.3 Å². The van der Waals surface area contributed by atoms with E-state index in [0.29, 0.717) is 23.5 Å². The molecule has 2 aliphatic carbocycles. The Balaban J connectivity index is 1.29. The molecule has 1 aromatic rings. The largest absolute Gasteiger partial charge is 0.377 e. The summed E-state index contributed by atoms with van der Waals surface area (Å²) in [5.41, 5.74) is 2.69. The molecular formula is C20H33N5O. The topological polar surface area (TPSA) is 63.5 Å². The van der Waals surface area contributed by atoms with E-state index in [2.05, 4.69) is 38.4 Å². The van der Waals surface area contributed by atoms with E-state index in [1.54, 1.807) is 0 Å². The highest BCUT2D eigenvalue weighted by molar-refractivity contribution is 5.80. The molecule has 3 unspecified atom stereocenters. The minimum atomic E-state index is 0.364. The molecule has 4 rings (SSSR count). The number of ether oxygens (including phenoxy) is 1. The second-order valence-electron chi connectivity index (χ2n) is 8.31. The molecule has 1 aromatic heterocycles. The number of fused-ring (bicyclic) bond motifs is 2. The van der Waals surface area contributed by atoms with Gasteiger partial charge in [0.05, 0.1) is 11.8 Å². The van der Waals surface area contributed by atoms with Gasteiger partial charge in [0.1, 0.15) is 0 Å². The summed E-state index contributed by atoms with van der Waals surface area (Å²) in [5, 5.41) is 11.8. The van der Waals surface area contributed by atoms with Gasteiger partial charge in [-0.05, 0) is 45.6 Å². The van der Waals surface area contributed by atoms with Crippen molar-refractivity contribution >= 4 is 5.96 Å². The van der Waals surface area contributed by atoms with Gasteiger partial charge in [0.15, 0.2) is 5.96 Å². The molecule has 2 N–H and O–H groups in total. The van der Waals surface area contributed by atoms with Crippen molar-refractivity contribution < 1.29 is 4.74 Å². The number of aromatic nitrogens is 2. The van der Waals surface area contributed by atoms with Crippen molar-refractivity contribution in [2.75, 3.05) is 20.2 Å². The fourth-order valence-electron chi connectivity index (χ4n) is 5.58. The number of guanidine groups is 1. The molecule has 26 heavy (non-hydrogen) atoms. The molecule has 3 atom stereocenters. The zero-order valence-electron chi connectivity index (χ0n) is 16.4. The summed E-state index contributed by atoms with van der Waals surface area (Å²) in [6.45, 7) is 6.94. The lowest BCUT2D eigenvalue weighted by Crippen LogP contribution is -2.69. The second kappa shape index (κ2) is 7.22. The van der Waals surface area contributed by atoms with E-state index in [9.17, 15) is 0 Å². The summed E-state index contributed by atoms with van der Waals surface area (Å²) < 4.78 is 8.18. The first kappa shape index (κ1) is 17.8. The number of aryl methyl sites for hydroxylation is 3. The first-order valence-electron chi connectivity index (χ1n) is 10.2. The summed E-state index contributed by atoms with van der Waals surface area (Å²) in [4.78, 5) is 4.48. The van der Waals surface area contributed by atoms with Gasteiger partial charge in [-0.25, -0.2) is 0 Å². The molecule has 2 heterocycles. The molecule has 2 saturated carbocycles. The Hall–Kier alpha value is -1.56. The summed E-state index contributed by atoms with van der Waals surface area (Å²) in [6, 6.07) is 2.66. The molecule has 0 aromatic carbocycles. The fourth-order valence-corrected chi connectivity index (χ4v) is 5.58. The molecule has 0 bridgehead atoms. The zero-order valence-corrected chi connectivity index (χ0v) is 16.4. The number of nitrogens with zero attached hydrogens (tertiary/aromatic N) is 3. The Kier molecular flexibility index (Phi) is 4.95. The Morgan fingerprint density at radius 2 is 2.19 bits per heavy atom. The van der Waals surface area contributed by atoms with E-state index in [1.165, 1.54) is 37.8 Å². The van der Waals surface area contributed by atoms with E-state index in [-0.39, 0.29) is 0 Å². The third-order valence-corrected chi connectivity index (χ3v) is 6.74. The molecule has 144 valence electrons. The molecular weight excluding hydrogens is 326 g/mol. The highest BCUT2D eigenvalue weighted by Crippen LogP contribution is 2.60. The molecule has 3 fully saturated rings. The average Bonchev–Trinajstić information content (AvgIpc) is 3.33. The van der Waals surface area contributed by atoms with Gasteiger partial charge in [-0.1, -0.05) is 12.8 Å². The van der Waals surface area contributed by atoms with Gasteiger partial charge in [-0.2, -0.15) is 5.10 Å². The Morgan fingerprint density at radius 3 is 2.88 bits per heavy atom. The maximum atomic E-state index is 6.09. The molecule has 1 saturated heterocycles. The number of aliphatic imine (C=N–C) groups is 1. The Bertz CT molecular complexity index is 661. The van der Waals surface area contributed by atoms with Crippen molar-refractivity contribution in [3.05, 3.63) is 17.5 Å². The van der Waals surface area contributed by atoms with Crippen molar-refractivity contribution in [3.63, 3.8) is 0 Å². The summed E-state index contributed by atoms with van der Waals surface area (Å²) in [6.07, 6.45) is 8.03. The number of rotatable bonds is 5. The highest BCUT2D eigenvalue weighted by atomic mass is 16.5. The molecule has 1 spiro atoms. The van der Waals surface area contributed by atoms with Crippen LogP contribution in [0.3, 0.4) is 0 Å². The molecule has 0 amide bonds. The quantitative estimate of drug-likeness (QED) is 0.481. The van der Waals surface area contributed by atoms with Crippen LogP contribution >= 0.6 is 0 Å². The van der Waals surface area contributed by atoms with Gasteiger partial charge in [-0.15, -0.1) is 0 Å². The summed E-state index contributed by atoms with van der Waals surface area (Å²) >= 11 is 0. The Labute approximate surface area is 156 Å². The van der Waals surface area contributed by atoms with Gasteiger partial charge in [0.2, 0.25) is 0 Å². The van der Waals surface area contributed by atoms with Gasteiger partial charge < -0.3 is 15.4 Å². The minimum Gasteiger partial charge on any atom is -0.377 e. The van der Waals surface area contributed by atoms with E-state index in [4.69, 9.17) is 4.74 Å². The standard InChI is InChI=1S/C20H33N5O/c1-14-13-15(2)25(24-14)11-6-10-22-19(21-3)23-17-16-7-12-26-18(16)20(17)8-4-5-9-20/h13,16-18H,4-12H2,1-3H3,(H2,21,22,23). The van der Waals surface area contributed by atoms with Crippen LogP contribution < -0.4 is 10.6 Å². The van der Waals surface area contributed by atoms with Crippen molar-refractivity contribution in [2.45, 2.75) is 71.1 Å². The smallest absolute Gasteiger partial charge is 0.191 e. The van der Waals surface area contributed by atoms with Gasteiger partial charge >= 0.3 is 0 Å². The molecule has 6 heteroatoms. The molecule has 1 aliphatic heterocycles. The van der Waals surface area contributed by atoms with E-state index < -0.39 is 0 Å². The SMILES string of the molecule is CN=C(NCCCn1nc(C)cc1C)NC1C2CCOC2C12CCCC2. The van der Waals surface area contributed by atoms with E-state index in [0.717, 1.165) is 37.8 Å². The predicted molar refractivity (Wildman–Crippen MR) is 103 cm³/mol. The maximum absolute atomic E-state index is 6.09. The van der Waals surface area contributed by atoms with Gasteiger partial charge in [-0.3, -0.25) is 9.67 Å². The van der Waals surface area contributed by atoms with Crippen LogP contribution in [0.4, 0.5) is 0 Å². The van der Waals surface area contributed by atoms with Gasteiger partial charge in [0, 0.05) is 49.8 Å². The number of hydrogen-bond donors (Lipinski definition) is 2. The lowest BCUT2D eigenvalue weighted by Gasteiger charge is -2.57. The Morgan fingerprint density at radius 1 is 1.38 bits per heavy atom. The van der Waals surface area contributed by atoms with Crippen LogP contribution in [0.15, 0.2) is 11.1 Å². The van der Waals surface area contributed by atoms with E-state index in [1.807, 2.05) is 14.0 Å². The maximum Gasteiger partial charge on any atom is 0.191 e. The fraction of sp³-hybridized carbons (Fsp3) is 0.800. The van der Waals surface area contributed by atoms with Crippen molar-refractivity contribution in [2.24, 2.45) is 16.3 Å². The first-order chi connectivity index (χ1) is 12.6. The lowest BCUT2D eigenvalue weighted by molar-refractivity contribution is -0.125. The monoisotopic (exact) mass is 359 g/mol. The van der Waals surface area contributed by atoms with Crippen molar-refractivity contribution in [1.82, 2.24) is 20.4 Å². The van der Waals surface area contributed by atoms with Crippen LogP contribution in [0.5, 0.6) is 0 Å². The van der Waals surface area contributed by atoms with Crippen LogP contribution in [-0.4, -0.2) is 48.1 Å². The van der Waals surface area contributed by atoms with Gasteiger partial charge in [0.25, 0.3) is 0 Å². The normalized spacial score (nSPS) is 29.7. The first-order valence-corrected chi connectivity index (χ1v) is 10.2. The highest BCUT2D eigenvalue weighted by Gasteiger charge is 2.65. The van der Waals surface area contributed by atoms with Crippen LogP contribution in [0.1, 0.15) is 49.9 Å². The minimum absolute atomic E-state index is 0.364. The van der Waals surface area contributed by atoms with Crippen LogP contribution in [0, 0.1) is 25.2 Å². The molecule has 0 radical (unpaired) electrons. The summed E-state index contributed by atoms with van der Waals surface area (Å²) in [5.74, 6) is 1.61. The van der Waals surface area contributed by atoms with Crippen LogP contribution in [0.2, 0.25) is 0 Å². The van der Waals surface area contributed by atoms with E-state index >= 15 is 0 Å². The number of nitrogens with one attached hydrogen (secondary N) is 2. The van der Waals surface area contributed by atoms with Crippen LogP contribution in [0.25, 0.3) is 0 Å². The average molecular weight is 360 g/mol. The van der Waals surface area contributed by atoms with Crippen molar-refractivity contribution in [1.29, 1.82) is 0 Å². The predicted octanol–water partition coefficient (Wildman–Crippen LogP) is 2.40. The lowest BCUT2D eigenvalue weighted by atomic mass is 9.54. The van der Waals surface area contributed by atoms with Crippen molar-refractivity contribution in [3.8, 4) is 0 Å². The molecule has 3 aliphatic rings. The number of hydrogen-bond acceptors (Lipinski definition) is 3. The molecule has 6 nitrogen and oxygen atoms in total.